The van der Waals surface area contributed by atoms with E-state index in [1.165, 1.54) is 0 Å². The third-order valence-electron chi connectivity index (χ3n) is 4.18. The molecule has 0 aliphatic rings. The van der Waals surface area contributed by atoms with Gasteiger partial charge in [-0.3, -0.25) is 9.78 Å². The second-order valence-corrected chi connectivity index (χ2v) is 6.18. The van der Waals surface area contributed by atoms with E-state index in [9.17, 15) is 4.79 Å². The predicted molar refractivity (Wildman–Crippen MR) is 109 cm³/mol. The Morgan fingerprint density at radius 2 is 2.04 bits per heavy atom. The van der Waals surface area contributed by atoms with Gasteiger partial charge in [0.05, 0.1) is 6.21 Å². The van der Waals surface area contributed by atoms with Crippen molar-refractivity contribution in [3.8, 4) is 16.9 Å². The van der Waals surface area contributed by atoms with Crippen LogP contribution < -0.4 is 10.2 Å². The van der Waals surface area contributed by atoms with E-state index in [2.05, 4.69) is 20.5 Å². The van der Waals surface area contributed by atoms with E-state index in [0.717, 1.165) is 27.6 Å². The van der Waals surface area contributed by atoms with E-state index < -0.39 is 0 Å². The molecule has 6 heteroatoms. The Bertz CT molecular complexity index is 1120. The molecule has 0 radical (unpaired) electrons. The first kappa shape index (κ1) is 17.5. The van der Waals surface area contributed by atoms with Crippen LogP contribution in [0.15, 0.2) is 84.4 Å². The number of hydrazone groups is 1. The lowest BCUT2D eigenvalue weighted by Crippen LogP contribution is -2.24. The number of nitrogens with zero attached hydrogens (tertiary/aromatic N) is 2. The highest BCUT2D eigenvalue weighted by atomic mass is 16.5. The summed E-state index contributed by atoms with van der Waals surface area (Å²) >= 11 is 0. The van der Waals surface area contributed by atoms with Crippen molar-refractivity contribution in [1.82, 2.24) is 15.4 Å². The number of hydrogen-bond donors (Lipinski definition) is 2. The minimum Gasteiger partial charge on any atom is -0.484 e. The van der Waals surface area contributed by atoms with Gasteiger partial charge in [-0.15, -0.1) is 0 Å². The quantitative estimate of drug-likeness (QED) is 0.401. The van der Waals surface area contributed by atoms with Crippen molar-refractivity contribution in [3.63, 3.8) is 0 Å². The van der Waals surface area contributed by atoms with Crippen LogP contribution in [0.25, 0.3) is 22.0 Å². The number of aromatic nitrogens is 2. The number of H-pyrrole nitrogens is 1. The average molecular weight is 370 g/mol. The summed E-state index contributed by atoms with van der Waals surface area (Å²) in [4.78, 5) is 19.2. The minimum atomic E-state index is -0.330. The van der Waals surface area contributed by atoms with Crippen LogP contribution in [0.5, 0.6) is 5.75 Å². The van der Waals surface area contributed by atoms with E-state index in [1.807, 2.05) is 66.9 Å². The van der Waals surface area contributed by atoms with Crippen molar-refractivity contribution in [2.45, 2.75) is 0 Å². The van der Waals surface area contributed by atoms with Gasteiger partial charge in [0.2, 0.25) is 0 Å². The van der Waals surface area contributed by atoms with Gasteiger partial charge in [-0.05, 0) is 46.8 Å². The van der Waals surface area contributed by atoms with Gasteiger partial charge in [-0.25, -0.2) is 5.43 Å². The van der Waals surface area contributed by atoms with E-state index >= 15 is 0 Å². The lowest BCUT2D eigenvalue weighted by molar-refractivity contribution is -0.123. The van der Waals surface area contributed by atoms with E-state index in [0.29, 0.717) is 5.75 Å². The van der Waals surface area contributed by atoms with E-state index in [1.54, 1.807) is 18.6 Å². The second-order valence-electron chi connectivity index (χ2n) is 6.18. The Morgan fingerprint density at radius 3 is 2.93 bits per heavy atom. The Labute approximate surface area is 161 Å². The minimum absolute atomic E-state index is 0.122. The van der Waals surface area contributed by atoms with Crippen LogP contribution in [0.3, 0.4) is 0 Å². The summed E-state index contributed by atoms with van der Waals surface area (Å²) < 4.78 is 5.57. The number of pyridine rings is 1. The molecule has 0 unspecified atom stereocenters. The van der Waals surface area contributed by atoms with Crippen LogP contribution >= 0.6 is 0 Å². The summed E-state index contributed by atoms with van der Waals surface area (Å²) in [6.07, 6.45) is 6.99. The summed E-state index contributed by atoms with van der Waals surface area (Å²) in [5, 5.41) is 5.11. The molecule has 6 nitrogen and oxygen atoms in total. The van der Waals surface area contributed by atoms with Gasteiger partial charge in [0, 0.05) is 29.7 Å². The molecule has 4 rings (SSSR count). The molecule has 0 aliphatic heterocycles. The number of amides is 1. The van der Waals surface area contributed by atoms with Gasteiger partial charge >= 0.3 is 0 Å². The molecule has 0 fully saturated rings. The lowest BCUT2D eigenvalue weighted by atomic mass is 10.1. The van der Waals surface area contributed by atoms with Crippen LogP contribution in [0.2, 0.25) is 0 Å². The number of aromatic amines is 1. The number of hydrogen-bond acceptors (Lipinski definition) is 4. The molecular formula is C22H18N4O2. The Balaban J connectivity index is 1.32. The highest BCUT2D eigenvalue weighted by Crippen LogP contribution is 2.22. The summed E-state index contributed by atoms with van der Waals surface area (Å²) in [6.45, 7) is -0.122. The first-order chi connectivity index (χ1) is 13.8. The number of ether oxygens (including phenoxy) is 1. The molecule has 0 saturated heterocycles. The number of rotatable bonds is 6. The van der Waals surface area contributed by atoms with Crippen molar-refractivity contribution in [3.05, 3.63) is 84.8 Å². The number of carbonyl (C=O) groups excluding carboxylic acids is 1. The highest BCUT2D eigenvalue weighted by Gasteiger charge is 2.04. The monoisotopic (exact) mass is 370 g/mol. The standard InChI is InChI=1S/C22H18N4O2/c27-22(26-25-13-16-6-7-17-8-10-24-21(17)11-16)15-28-20-5-1-3-18(12-20)19-4-2-9-23-14-19/h1-14,24H,15H2,(H,26,27)/b25-13+. The van der Waals surface area contributed by atoms with E-state index in [-0.39, 0.29) is 12.5 Å². The van der Waals surface area contributed by atoms with Crippen LogP contribution in [-0.4, -0.2) is 28.7 Å². The zero-order chi connectivity index (χ0) is 19.2. The predicted octanol–water partition coefficient (Wildman–Crippen LogP) is 3.76. The maximum Gasteiger partial charge on any atom is 0.277 e. The van der Waals surface area contributed by atoms with Gasteiger partial charge < -0.3 is 9.72 Å². The number of fused-ring (bicyclic) bond motifs is 1. The molecule has 0 saturated carbocycles. The zero-order valence-corrected chi connectivity index (χ0v) is 15.0. The Hall–Kier alpha value is -3.93. The van der Waals surface area contributed by atoms with Gasteiger partial charge in [-0.1, -0.05) is 30.3 Å². The first-order valence-electron chi connectivity index (χ1n) is 8.80. The Kier molecular flexibility index (Phi) is 5.11. The summed E-state index contributed by atoms with van der Waals surface area (Å²) in [7, 11) is 0. The zero-order valence-electron chi connectivity index (χ0n) is 15.0. The van der Waals surface area contributed by atoms with Crippen molar-refractivity contribution in [1.29, 1.82) is 0 Å². The smallest absolute Gasteiger partial charge is 0.277 e. The molecule has 4 aromatic rings. The van der Waals surface area contributed by atoms with Crippen LogP contribution in [0.4, 0.5) is 0 Å². The topological polar surface area (TPSA) is 79.4 Å². The largest absolute Gasteiger partial charge is 0.484 e. The van der Waals surface area contributed by atoms with Gasteiger partial charge in [0.1, 0.15) is 5.75 Å². The molecular weight excluding hydrogens is 352 g/mol. The Morgan fingerprint density at radius 1 is 1.11 bits per heavy atom. The fraction of sp³-hybridized carbons (Fsp3) is 0.0455. The molecule has 2 aromatic carbocycles. The normalized spacial score (nSPS) is 11.0. The molecule has 2 aromatic heterocycles. The molecule has 0 aliphatic carbocycles. The fourth-order valence-corrected chi connectivity index (χ4v) is 2.80. The number of benzene rings is 2. The summed E-state index contributed by atoms with van der Waals surface area (Å²) in [6, 6.07) is 19.3. The SMILES string of the molecule is O=C(COc1cccc(-c2cccnc2)c1)N/N=C/c1ccc2cc[nH]c2c1. The van der Waals surface area contributed by atoms with Crippen LogP contribution in [-0.2, 0) is 4.79 Å². The third-order valence-corrected chi connectivity index (χ3v) is 4.18. The van der Waals surface area contributed by atoms with Crippen LogP contribution in [0, 0.1) is 0 Å². The maximum absolute atomic E-state index is 12.0. The first-order valence-corrected chi connectivity index (χ1v) is 8.80. The van der Waals surface area contributed by atoms with Crippen molar-refractivity contribution >= 4 is 23.0 Å². The molecule has 1 amide bonds. The molecule has 28 heavy (non-hydrogen) atoms. The molecule has 0 atom stereocenters. The molecule has 2 heterocycles. The third kappa shape index (κ3) is 4.24. The van der Waals surface area contributed by atoms with Crippen molar-refractivity contribution in [2.24, 2.45) is 5.10 Å². The second kappa shape index (κ2) is 8.18. The fourth-order valence-electron chi connectivity index (χ4n) is 2.80. The van der Waals surface area contributed by atoms with Crippen LogP contribution in [0.1, 0.15) is 5.56 Å². The number of carbonyl (C=O) groups is 1. The van der Waals surface area contributed by atoms with Crippen molar-refractivity contribution in [2.75, 3.05) is 6.61 Å². The average Bonchev–Trinajstić information content (AvgIpc) is 3.21. The van der Waals surface area contributed by atoms with Gasteiger partial charge in [0.25, 0.3) is 5.91 Å². The summed E-state index contributed by atoms with van der Waals surface area (Å²) in [5.41, 5.74) is 6.35. The number of nitrogens with one attached hydrogen (secondary N) is 2. The van der Waals surface area contributed by atoms with Gasteiger partial charge in [0.15, 0.2) is 6.61 Å². The molecule has 138 valence electrons. The summed E-state index contributed by atoms with van der Waals surface area (Å²) in [5.74, 6) is 0.279. The van der Waals surface area contributed by atoms with Gasteiger partial charge in [-0.2, -0.15) is 5.10 Å². The lowest BCUT2D eigenvalue weighted by Gasteiger charge is -2.07. The van der Waals surface area contributed by atoms with Crippen molar-refractivity contribution < 1.29 is 9.53 Å². The molecule has 0 spiro atoms. The maximum atomic E-state index is 12.0. The molecule has 2 N–H and O–H groups in total. The highest BCUT2D eigenvalue weighted by molar-refractivity contribution is 5.89. The van der Waals surface area contributed by atoms with E-state index in [4.69, 9.17) is 4.74 Å². The molecule has 0 bridgehead atoms.